The maximum atomic E-state index is 13.5. The number of urea groups is 1. The number of benzene rings is 1. The number of anilines is 1. The Labute approximate surface area is 208 Å². The molecule has 35 heavy (non-hydrogen) atoms. The molecule has 1 saturated carbocycles. The number of amides is 3. The van der Waals surface area contributed by atoms with E-state index in [-0.39, 0.29) is 54.9 Å². The molecule has 1 aromatic rings. The summed E-state index contributed by atoms with van der Waals surface area (Å²) in [5.74, 6) is -0.376. The summed E-state index contributed by atoms with van der Waals surface area (Å²) in [4.78, 5) is 27.8. The third-order valence-electron chi connectivity index (χ3n) is 6.88. The predicted octanol–water partition coefficient (Wildman–Crippen LogP) is 2.25. The highest BCUT2D eigenvalue weighted by Crippen LogP contribution is 2.35. The molecule has 3 atom stereocenters. The molecule has 1 aromatic carbocycles. The number of ether oxygens (including phenoxy) is 1. The van der Waals surface area contributed by atoms with Crippen molar-refractivity contribution in [1.29, 1.82) is 0 Å². The minimum atomic E-state index is -3.46. The fourth-order valence-electron chi connectivity index (χ4n) is 4.54. The van der Waals surface area contributed by atoms with E-state index in [0.717, 1.165) is 31.9 Å². The fraction of sp³-hybridized carbons (Fsp3) is 0.667. The molecule has 0 radical (unpaired) electrons. The van der Waals surface area contributed by atoms with Gasteiger partial charge in [-0.1, -0.05) is 32.3 Å². The molecule has 3 rings (SSSR count). The first kappa shape index (κ1) is 27.2. The monoisotopic (exact) mass is 510 g/mol. The molecule has 1 heterocycles. The maximum Gasteiger partial charge on any atom is 0.319 e. The van der Waals surface area contributed by atoms with E-state index in [9.17, 15) is 23.1 Å². The lowest BCUT2D eigenvalue weighted by Crippen LogP contribution is -2.50. The van der Waals surface area contributed by atoms with Crippen LogP contribution in [0.3, 0.4) is 0 Å². The number of aliphatic hydroxyl groups is 1. The highest BCUT2D eigenvalue weighted by molar-refractivity contribution is 7.88. The smallest absolute Gasteiger partial charge is 0.319 e. The highest BCUT2D eigenvalue weighted by atomic mass is 32.2. The van der Waals surface area contributed by atoms with Gasteiger partial charge in [-0.05, 0) is 31.9 Å². The van der Waals surface area contributed by atoms with E-state index >= 15 is 0 Å². The molecule has 0 aromatic heterocycles. The first-order valence-electron chi connectivity index (χ1n) is 12.2. The van der Waals surface area contributed by atoms with Gasteiger partial charge in [-0.3, -0.25) is 4.79 Å². The SMILES string of the molecule is C[C@H](CO)N1C[C@H](C)[C@@H](CN(C)S(C)(=O)=O)Oc2c(NC(=O)NC3CCCCC3)cccc2C1=O. The van der Waals surface area contributed by atoms with Gasteiger partial charge in [-0.15, -0.1) is 0 Å². The number of carbonyl (C=O) groups is 2. The van der Waals surface area contributed by atoms with Crippen molar-refractivity contribution in [2.75, 3.05) is 38.3 Å². The molecule has 0 spiro atoms. The molecule has 0 bridgehead atoms. The first-order valence-corrected chi connectivity index (χ1v) is 14.1. The van der Waals surface area contributed by atoms with Crippen LogP contribution in [-0.2, 0) is 10.0 Å². The third-order valence-corrected chi connectivity index (χ3v) is 8.16. The van der Waals surface area contributed by atoms with Crippen LogP contribution in [0.2, 0.25) is 0 Å². The number of nitrogens with one attached hydrogen (secondary N) is 2. The zero-order valence-corrected chi connectivity index (χ0v) is 21.8. The average Bonchev–Trinajstić information content (AvgIpc) is 2.81. The summed E-state index contributed by atoms with van der Waals surface area (Å²) in [6.07, 6.45) is 5.72. The van der Waals surface area contributed by atoms with Crippen molar-refractivity contribution in [3.05, 3.63) is 23.8 Å². The lowest BCUT2D eigenvalue weighted by Gasteiger charge is -2.38. The number of carbonyl (C=O) groups excluding carboxylic acids is 2. The number of nitrogens with zero attached hydrogens (tertiary/aromatic N) is 2. The summed E-state index contributed by atoms with van der Waals surface area (Å²) in [6.45, 7) is 3.76. The zero-order valence-electron chi connectivity index (χ0n) is 21.0. The van der Waals surface area contributed by atoms with Crippen molar-refractivity contribution >= 4 is 27.6 Å². The molecule has 0 saturated heterocycles. The van der Waals surface area contributed by atoms with Gasteiger partial charge in [0.25, 0.3) is 5.91 Å². The Morgan fingerprint density at radius 1 is 1.29 bits per heavy atom. The largest absolute Gasteiger partial charge is 0.486 e. The van der Waals surface area contributed by atoms with Gasteiger partial charge < -0.3 is 25.4 Å². The van der Waals surface area contributed by atoms with Crippen molar-refractivity contribution in [3.63, 3.8) is 0 Å². The molecule has 11 heteroatoms. The van der Waals surface area contributed by atoms with E-state index in [0.29, 0.717) is 5.69 Å². The summed E-state index contributed by atoms with van der Waals surface area (Å²) >= 11 is 0. The van der Waals surface area contributed by atoms with Crippen molar-refractivity contribution in [1.82, 2.24) is 14.5 Å². The summed E-state index contributed by atoms with van der Waals surface area (Å²) < 4.78 is 31.7. The summed E-state index contributed by atoms with van der Waals surface area (Å²) in [7, 11) is -1.98. The molecule has 3 N–H and O–H groups in total. The minimum absolute atomic E-state index is 0.0670. The van der Waals surface area contributed by atoms with Crippen LogP contribution in [0.5, 0.6) is 5.75 Å². The van der Waals surface area contributed by atoms with E-state index in [1.54, 1.807) is 30.0 Å². The Morgan fingerprint density at radius 3 is 2.60 bits per heavy atom. The van der Waals surface area contributed by atoms with Crippen LogP contribution in [0.1, 0.15) is 56.3 Å². The second-order valence-corrected chi connectivity index (χ2v) is 11.9. The van der Waals surface area contributed by atoms with E-state index in [4.69, 9.17) is 4.74 Å². The van der Waals surface area contributed by atoms with Gasteiger partial charge in [0.05, 0.1) is 36.7 Å². The average molecular weight is 511 g/mol. The van der Waals surface area contributed by atoms with Crippen molar-refractivity contribution in [3.8, 4) is 5.75 Å². The van der Waals surface area contributed by atoms with Crippen LogP contribution in [-0.4, -0.2) is 85.9 Å². The number of aliphatic hydroxyl groups excluding tert-OH is 1. The molecule has 10 nitrogen and oxygen atoms in total. The second kappa shape index (κ2) is 11.6. The molecule has 3 amide bonds. The van der Waals surface area contributed by atoms with E-state index in [2.05, 4.69) is 10.6 Å². The third kappa shape index (κ3) is 6.86. The van der Waals surface area contributed by atoms with Gasteiger partial charge in [0, 0.05) is 25.6 Å². The topological polar surface area (TPSA) is 128 Å². The van der Waals surface area contributed by atoms with Crippen LogP contribution in [0.15, 0.2) is 18.2 Å². The first-order chi connectivity index (χ1) is 16.5. The van der Waals surface area contributed by atoms with Crippen LogP contribution in [0.25, 0.3) is 0 Å². The number of sulfonamides is 1. The van der Waals surface area contributed by atoms with Gasteiger partial charge in [0.2, 0.25) is 10.0 Å². The Bertz CT molecular complexity index is 1010. The quantitative estimate of drug-likeness (QED) is 0.516. The fourth-order valence-corrected chi connectivity index (χ4v) is 4.96. The number of hydrogen-bond acceptors (Lipinski definition) is 6. The lowest BCUT2D eigenvalue weighted by atomic mass is 9.96. The molecule has 0 unspecified atom stereocenters. The summed E-state index contributed by atoms with van der Waals surface area (Å²) in [5, 5.41) is 15.6. The van der Waals surface area contributed by atoms with Crippen LogP contribution >= 0.6 is 0 Å². The molecular weight excluding hydrogens is 472 g/mol. The molecule has 1 aliphatic carbocycles. The van der Waals surface area contributed by atoms with Crippen LogP contribution < -0.4 is 15.4 Å². The molecule has 196 valence electrons. The van der Waals surface area contributed by atoms with Crippen LogP contribution in [0, 0.1) is 5.92 Å². The van der Waals surface area contributed by atoms with Crippen molar-refractivity contribution in [2.24, 2.45) is 5.92 Å². The summed E-state index contributed by atoms with van der Waals surface area (Å²) in [6, 6.07) is 4.23. The normalized spacial score (nSPS) is 22.6. The number of likely N-dealkylation sites (N-methyl/N-ethyl adjacent to an activating group) is 1. The van der Waals surface area contributed by atoms with E-state index < -0.39 is 22.2 Å². The van der Waals surface area contributed by atoms with E-state index in [1.165, 1.54) is 17.8 Å². The number of para-hydroxylation sites is 1. The molecule has 1 aliphatic heterocycles. The lowest BCUT2D eigenvalue weighted by molar-refractivity contribution is 0.0389. The molecule has 1 fully saturated rings. The van der Waals surface area contributed by atoms with Gasteiger partial charge in [0.1, 0.15) is 6.10 Å². The number of fused-ring (bicyclic) bond motifs is 1. The second-order valence-electron chi connectivity index (χ2n) is 9.78. The predicted molar refractivity (Wildman–Crippen MR) is 134 cm³/mol. The maximum absolute atomic E-state index is 13.5. The van der Waals surface area contributed by atoms with Crippen molar-refractivity contribution in [2.45, 2.75) is 64.1 Å². The standard InChI is InChI=1S/C24H38N4O6S/c1-16-13-28(17(2)15-29)23(30)19-11-8-12-20(26-24(31)25-18-9-6-5-7-10-18)22(19)34-21(16)14-27(3)35(4,32)33/h8,11-12,16-18,21,29H,5-7,9-10,13-15H2,1-4H3,(H2,25,26,31)/t16-,17+,21+/m0/s1. The zero-order chi connectivity index (χ0) is 25.8. The van der Waals surface area contributed by atoms with Crippen LogP contribution in [0.4, 0.5) is 10.5 Å². The summed E-state index contributed by atoms with van der Waals surface area (Å²) in [5.41, 5.74) is 0.585. The minimum Gasteiger partial charge on any atom is -0.486 e. The Balaban J connectivity index is 1.95. The van der Waals surface area contributed by atoms with Gasteiger partial charge in [-0.2, -0.15) is 0 Å². The Hall–Kier alpha value is -2.37. The molecular formula is C24H38N4O6S. The van der Waals surface area contributed by atoms with Gasteiger partial charge in [0.15, 0.2) is 5.75 Å². The Morgan fingerprint density at radius 2 is 1.97 bits per heavy atom. The number of rotatable bonds is 7. The van der Waals surface area contributed by atoms with E-state index in [1.807, 2.05) is 6.92 Å². The Kier molecular flexibility index (Phi) is 9.00. The van der Waals surface area contributed by atoms with Gasteiger partial charge >= 0.3 is 6.03 Å². The van der Waals surface area contributed by atoms with Gasteiger partial charge in [-0.25, -0.2) is 17.5 Å². The number of hydrogen-bond donors (Lipinski definition) is 3. The highest BCUT2D eigenvalue weighted by Gasteiger charge is 2.35. The van der Waals surface area contributed by atoms with Crippen molar-refractivity contribution < 1.29 is 27.9 Å². The molecule has 2 aliphatic rings.